The van der Waals surface area contributed by atoms with Crippen molar-refractivity contribution >= 4 is 5.91 Å². The summed E-state index contributed by atoms with van der Waals surface area (Å²) in [5.74, 6) is 1.74. The molecule has 1 fully saturated rings. The lowest BCUT2D eigenvalue weighted by Crippen LogP contribution is -2.45. The molecule has 1 aromatic heterocycles. The number of aryl methyl sites for hydroxylation is 1. The number of amides is 1. The quantitative estimate of drug-likeness (QED) is 0.875. The molecule has 1 N–H and O–H groups in total. The number of nitrogens with zero attached hydrogens (tertiary/aromatic N) is 2. The Kier molecular flexibility index (Phi) is 4.81. The Morgan fingerprint density at radius 1 is 1.33 bits per heavy atom. The van der Waals surface area contributed by atoms with Crippen LogP contribution >= 0.6 is 0 Å². The molecule has 0 spiro atoms. The van der Waals surface area contributed by atoms with Gasteiger partial charge in [0.05, 0.1) is 11.8 Å². The van der Waals surface area contributed by atoms with Crippen LogP contribution < -0.4 is 9.47 Å². The molecule has 1 aromatic carbocycles. The van der Waals surface area contributed by atoms with E-state index in [2.05, 4.69) is 36.2 Å². The Morgan fingerprint density at radius 3 is 3.04 bits per heavy atom. The summed E-state index contributed by atoms with van der Waals surface area (Å²) in [5, 5.41) is 7.08. The number of aromatic nitrogens is 2. The Balaban J connectivity index is 1.48. The van der Waals surface area contributed by atoms with Gasteiger partial charge in [-0.05, 0) is 48.8 Å². The highest BCUT2D eigenvalue weighted by Crippen LogP contribution is 2.38. The standard InChI is InChI=1S/C21H27N3O3/c1-3-5-17-16(12-22-23-17)20(25)24-9-4-8-21(2,13-24)11-15-6-7-18-19(10-15)27-14-26-18/h6-7,10,12H,3-5,8-9,11,13-14H2,1-2H3,(H,22,23). The molecule has 0 aliphatic carbocycles. The molecule has 2 aliphatic heterocycles. The number of aromatic amines is 1. The third-order valence-corrected chi connectivity index (χ3v) is 5.58. The zero-order valence-electron chi connectivity index (χ0n) is 16.1. The van der Waals surface area contributed by atoms with Gasteiger partial charge in [0.25, 0.3) is 5.91 Å². The number of ether oxygens (including phenoxy) is 2. The maximum Gasteiger partial charge on any atom is 0.257 e. The van der Waals surface area contributed by atoms with E-state index in [1.54, 1.807) is 6.20 Å². The average Bonchev–Trinajstić information content (AvgIpc) is 3.30. The van der Waals surface area contributed by atoms with Gasteiger partial charge in [-0.1, -0.05) is 26.3 Å². The van der Waals surface area contributed by atoms with E-state index in [-0.39, 0.29) is 11.3 Å². The maximum atomic E-state index is 13.1. The third kappa shape index (κ3) is 3.66. The van der Waals surface area contributed by atoms with E-state index in [0.29, 0.717) is 6.79 Å². The lowest BCUT2D eigenvalue weighted by Gasteiger charge is -2.40. The van der Waals surface area contributed by atoms with E-state index < -0.39 is 0 Å². The summed E-state index contributed by atoms with van der Waals surface area (Å²) >= 11 is 0. The van der Waals surface area contributed by atoms with Crippen molar-refractivity contribution < 1.29 is 14.3 Å². The van der Waals surface area contributed by atoms with Gasteiger partial charge >= 0.3 is 0 Å². The number of rotatable bonds is 5. The summed E-state index contributed by atoms with van der Waals surface area (Å²) in [6.45, 7) is 6.25. The highest BCUT2D eigenvalue weighted by molar-refractivity contribution is 5.95. The second kappa shape index (κ2) is 7.25. The van der Waals surface area contributed by atoms with Gasteiger partial charge in [0, 0.05) is 18.8 Å². The van der Waals surface area contributed by atoms with Crippen LogP contribution in [0.3, 0.4) is 0 Å². The number of piperidine rings is 1. The number of nitrogens with one attached hydrogen (secondary N) is 1. The minimum atomic E-state index is 0.0518. The lowest BCUT2D eigenvalue weighted by molar-refractivity contribution is 0.0549. The first-order valence-electron chi connectivity index (χ1n) is 9.78. The SMILES string of the molecule is CCCc1[nH]ncc1C(=O)N1CCCC(C)(Cc2ccc3c(c2)OCO3)C1. The van der Waals surface area contributed by atoms with Crippen LogP contribution in [0.5, 0.6) is 11.5 Å². The van der Waals surface area contributed by atoms with E-state index in [1.807, 2.05) is 11.0 Å². The molecule has 0 saturated carbocycles. The number of H-pyrrole nitrogens is 1. The van der Waals surface area contributed by atoms with Crippen LogP contribution in [-0.4, -0.2) is 40.9 Å². The Bertz CT molecular complexity index is 832. The van der Waals surface area contributed by atoms with Gasteiger partial charge in [-0.2, -0.15) is 5.10 Å². The molecule has 2 aromatic rings. The van der Waals surface area contributed by atoms with Crippen LogP contribution in [0.4, 0.5) is 0 Å². The summed E-state index contributed by atoms with van der Waals surface area (Å²) < 4.78 is 10.9. The van der Waals surface area contributed by atoms with Crippen LogP contribution in [0.25, 0.3) is 0 Å². The summed E-state index contributed by atoms with van der Waals surface area (Å²) in [6, 6.07) is 6.16. The summed E-state index contributed by atoms with van der Waals surface area (Å²) in [7, 11) is 0. The van der Waals surface area contributed by atoms with Crippen molar-refractivity contribution in [1.82, 2.24) is 15.1 Å². The second-order valence-corrected chi connectivity index (χ2v) is 8.02. The van der Waals surface area contributed by atoms with Gasteiger partial charge in [0.2, 0.25) is 6.79 Å². The first-order chi connectivity index (χ1) is 13.1. The molecule has 1 atom stereocenters. The average molecular weight is 369 g/mol. The Morgan fingerprint density at radius 2 is 2.19 bits per heavy atom. The van der Waals surface area contributed by atoms with Crippen molar-refractivity contribution in [3.05, 3.63) is 41.2 Å². The van der Waals surface area contributed by atoms with Crippen LogP contribution in [0.15, 0.2) is 24.4 Å². The van der Waals surface area contributed by atoms with Gasteiger partial charge in [0.1, 0.15) is 0 Å². The predicted octanol–water partition coefficient (Wildman–Crippen LogP) is 3.58. The highest BCUT2D eigenvalue weighted by Gasteiger charge is 2.34. The number of fused-ring (bicyclic) bond motifs is 1. The fourth-order valence-corrected chi connectivity index (χ4v) is 4.29. The molecular formula is C21H27N3O3. The molecule has 2 aliphatic rings. The maximum absolute atomic E-state index is 13.1. The van der Waals surface area contributed by atoms with Crippen molar-refractivity contribution in [3.63, 3.8) is 0 Å². The minimum Gasteiger partial charge on any atom is -0.454 e. The minimum absolute atomic E-state index is 0.0518. The molecule has 144 valence electrons. The van der Waals surface area contributed by atoms with E-state index in [9.17, 15) is 4.79 Å². The lowest BCUT2D eigenvalue weighted by atomic mass is 9.76. The van der Waals surface area contributed by atoms with Gasteiger partial charge in [-0.25, -0.2) is 0 Å². The number of hydrogen-bond acceptors (Lipinski definition) is 4. The molecule has 1 amide bonds. The molecule has 0 bridgehead atoms. The first kappa shape index (κ1) is 17.9. The third-order valence-electron chi connectivity index (χ3n) is 5.58. The van der Waals surface area contributed by atoms with Crippen LogP contribution in [0, 0.1) is 5.41 Å². The fraction of sp³-hybridized carbons (Fsp3) is 0.524. The largest absolute Gasteiger partial charge is 0.454 e. The normalized spacial score (nSPS) is 21.5. The molecule has 1 saturated heterocycles. The van der Waals surface area contributed by atoms with Crippen molar-refractivity contribution in [2.45, 2.75) is 46.0 Å². The van der Waals surface area contributed by atoms with Gasteiger partial charge in [-0.15, -0.1) is 0 Å². The van der Waals surface area contributed by atoms with Crippen molar-refractivity contribution in [1.29, 1.82) is 0 Å². The summed E-state index contributed by atoms with van der Waals surface area (Å²) in [6.07, 6.45) is 6.57. The molecule has 0 radical (unpaired) electrons. The van der Waals surface area contributed by atoms with Gasteiger partial charge in [-0.3, -0.25) is 9.89 Å². The Hall–Kier alpha value is -2.50. The van der Waals surface area contributed by atoms with Crippen LogP contribution in [-0.2, 0) is 12.8 Å². The molecule has 4 rings (SSSR count). The van der Waals surface area contributed by atoms with Crippen molar-refractivity contribution in [2.24, 2.45) is 5.41 Å². The molecule has 6 heteroatoms. The number of likely N-dealkylation sites (tertiary alicyclic amines) is 1. The topological polar surface area (TPSA) is 67.5 Å². The molecule has 6 nitrogen and oxygen atoms in total. The molecule has 1 unspecified atom stereocenters. The monoisotopic (exact) mass is 369 g/mol. The molecular weight excluding hydrogens is 342 g/mol. The second-order valence-electron chi connectivity index (χ2n) is 8.02. The summed E-state index contributed by atoms with van der Waals surface area (Å²) in [5.41, 5.74) is 2.96. The summed E-state index contributed by atoms with van der Waals surface area (Å²) in [4.78, 5) is 15.1. The Labute approximate surface area is 159 Å². The smallest absolute Gasteiger partial charge is 0.257 e. The molecule has 3 heterocycles. The van der Waals surface area contributed by atoms with Gasteiger partial charge in [0.15, 0.2) is 11.5 Å². The van der Waals surface area contributed by atoms with Crippen molar-refractivity contribution in [2.75, 3.05) is 19.9 Å². The number of carbonyl (C=O) groups is 1. The first-order valence-corrected chi connectivity index (χ1v) is 9.78. The van der Waals surface area contributed by atoms with Gasteiger partial charge < -0.3 is 14.4 Å². The number of benzene rings is 1. The predicted molar refractivity (Wildman–Crippen MR) is 102 cm³/mol. The number of carbonyl (C=O) groups excluding carboxylic acids is 1. The van der Waals surface area contributed by atoms with Crippen LogP contribution in [0.1, 0.15) is 54.7 Å². The van der Waals surface area contributed by atoms with E-state index in [4.69, 9.17) is 9.47 Å². The van der Waals surface area contributed by atoms with E-state index in [1.165, 1.54) is 5.56 Å². The van der Waals surface area contributed by atoms with E-state index in [0.717, 1.165) is 68.0 Å². The number of hydrogen-bond donors (Lipinski definition) is 1. The van der Waals surface area contributed by atoms with Crippen molar-refractivity contribution in [3.8, 4) is 11.5 Å². The molecule has 27 heavy (non-hydrogen) atoms. The fourth-order valence-electron chi connectivity index (χ4n) is 4.29. The zero-order valence-corrected chi connectivity index (χ0v) is 16.1. The zero-order chi connectivity index (χ0) is 18.9. The van der Waals surface area contributed by atoms with Crippen LogP contribution in [0.2, 0.25) is 0 Å². The van der Waals surface area contributed by atoms with E-state index >= 15 is 0 Å². The highest BCUT2D eigenvalue weighted by atomic mass is 16.7.